The summed E-state index contributed by atoms with van der Waals surface area (Å²) in [5.74, 6) is 2.39. The number of amides is 1. The number of hydrogen-bond donors (Lipinski definition) is 1. The van der Waals surface area contributed by atoms with Crippen molar-refractivity contribution in [1.82, 2.24) is 24.6 Å². The van der Waals surface area contributed by atoms with E-state index in [1.54, 1.807) is 4.68 Å². The van der Waals surface area contributed by atoms with Crippen molar-refractivity contribution in [1.29, 1.82) is 0 Å². The van der Waals surface area contributed by atoms with Gasteiger partial charge in [-0.25, -0.2) is 14.6 Å². The van der Waals surface area contributed by atoms with E-state index in [0.29, 0.717) is 4.48 Å². The molecule has 0 atom stereocenters. The number of halogens is 1. The quantitative estimate of drug-likeness (QED) is 0.346. The van der Waals surface area contributed by atoms with Crippen LogP contribution in [0.5, 0.6) is 11.5 Å². The van der Waals surface area contributed by atoms with E-state index in [4.69, 9.17) is 4.74 Å². The van der Waals surface area contributed by atoms with Crippen molar-refractivity contribution in [2.24, 2.45) is 7.05 Å². The fraction of sp³-hybridized carbons (Fsp3) is 0.231. The molecule has 1 aliphatic heterocycles. The van der Waals surface area contributed by atoms with Crippen molar-refractivity contribution < 1.29 is 9.53 Å². The Labute approximate surface area is 212 Å². The molecule has 180 valence electrons. The summed E-state index contributed by atoms with van der Waals surface area (Å²) in [5.41, 5.74) is 2.62. The van der Waals surface area contributed by atoms with E-state index in [9.17, 15) is 4.79 Å². The lowest BCUT2D eigenvalue weighted by Gasteiger charge is -2.13. The number of rotatable bonds is 5. The monoisotopic (exact) mass is 534 g/mol. The molecule has 1 N–H and O–H groups in total. The Morgan fingerprint density at radius 1 is 1.03 bits per heavy atom. The van der Waals surface area contributed by atoms with Gasteiger partial charge in [-0.05, 0) is 65.2 Å². The van der Waals surface area contributed by atoms with Crippen molar-refractivity contribution in [3.8, 4) is 22.8 Å². The molecule has 0 radical (unpaired) electrons. The molecule has 0 bridgehead atoms. The lowest BCUT2D eigenvalue weighted by molar-refractivity contribution is -0.125. The topological polar surface area (TPSA) is 85.2 Å². The highest BCUT2D eigenvalue weighted by atomic mass is 79.9. The SMILES string of the molecule is C=C(Br)C(=O)N1CCCC1.CNc1ncnc2c1c(-c1ccc(Oc3ccccc3)cc1)nn2C. The molecule has 8 nitrogen and oxygen atoms in total. The van der Waals surface area contributed by atoms with Gasteiger partial charge in [-0.15, -0.1) is 0 Å². The maximum Gasteiger partial charge on any atom is 0.260 e. The average molecular weight is 535 g/mol. The van der Waals surface area contributed by atoms with Gasteiger partial charge in [0.2, 0.25) is 0 Å². The Kier molecular flexibility index (Phi) is 7.77. The zero-order valence-electron chi connectivity index (χ0n) is 19.7. The molecule has 1 aliphatic rings. The molecule has 2 aromatic heterocycles. The molecule has 9 heteroatoms. The number of fused-ring (bicyclic) bond motifs is 1. The van der Waals surface area contributed by atoms with Gasteiger partial charge in [0.25, 0.3) is 5.91 Å². The molecule has 1 amide bonds. The highest BCUT2D eigenvalue weighted by molar-refractivity contribution is 9.12. The standard InChI is InChI=1S/C19H17N5O.C7H10BrNO/c1-20-18-16-17(23-24(2)19(16)22-12-21-18)13-8-10-15(11-9-13)25-14-6-4-3-5-7-14;1-6(8)7(10)9-4-2-3-5-9/h3-12H,1-2H3,(H,20,21,22);1-5H2. The van der Waals surface area contributed by atoms with Crippen molar-refractivity contribution in [2.75, 3.05) is 25.5 Å². The second-order valence-electron chi connectivity index (χ2n) is 7.99. The second-order valence-corrected chi connectivity index (χ2v) is 8.94. The first-order valence-corrected chi connectivity index (χ1v) is 12.1. The fourth-order valence-electron chi connectivity index (χ4n) is 3.88. The van der Waals surface area contributed by atoms with Crippen LogP contribution >= 0.6 is 15.9 Å². The van der Waals surface area contributed by atoms with Crippen LogP contribution < -0.4 is 10.1 Å². The molecule has 0 unspecified atom stereocenters. The van der Waals surface area contributed by atoms with E-state index >= 15 is 0 Å². The molecule has 0 saturated carbocycles. The Hall–Kier alpha value is -3.72. The number of ether oxygens (including phenoxy) is 1. The molecule has 0 spiro atoms. The molecular formula is C26H27BrN6O2. The van der Waals surface area contributed by atoms with Gasteiger partial charge in [0.15, 0.2) is 5.65 Å². The summed E-state index contributed by atoms with van der Waals surface area (Å²) in [6.45, 7) is 5.31. The van der Waals surface area contributed by atoms with Gasteiger partial charge < -0.3 is 15.0 Å². The number of nitrogens with zero attached hydrogens (tertiary/aromatic N) is 5. The first kappa shape index (κ1) is 24.4. The summed E-state index contributed by atoms with van der Waals surface area (Å²) in [6, 6.07) is 17.6. The Balaban J connectivity index is 0.000000243. The summed E-state index contributed by atoms with van der Waals surface area (Å²) >= 11 is 3.06. The number of aryl methyl sites for hydroxylation is 1. The molecule has 1 saturated heterocycles. The predicted molar refractivity (Wildman–Crippen MR) is 142 cm³/mol. The number of anilines is 1. The van der Waals surface area contributed by atoms with Crippen LogP contribution in [0, 0.1) is 0 Å². The Bertz CT molecular complexity index is 1320. The maximum absolute atomic E-state index is 11.1. The van der Waals surface area contributed by atoms with E-state index in [1.807, 2.05) is 73.6 Å². The number of carbonyl (C=O) groups is 1. The number of hydrogen-bond acceptors (Lipinski definition) is 6. The normalized spacial score (nSPS) is 12.7. The minimum Gasteiger partial charge on any atom is -0.457 e. The van der Waals surface area contributed by atoms with E-state index in [1.165, 1.54) is 6.33 Å². The molecule has 2 aromatic carbocycles. The Morgan fingerprint density at radius 3 is 2.31 bits per heavy atom. The molecule has 0 aliphatic carbocycles. The van der Waals surface area contributed by atoms with Crippen LogP contribution in [0.2, 0.25) is 0 Å². The van der Waals surface area contributed by atoms with Gasteiger partial charge in [0.1, 0.15) is 29.3 Å². The van der Waals surface area contributed by atoms with Crippen LogP contribution in [0.15, 0.2) is 72.0 Å². The van der Waals surface area contributed by atoms with E-state index in [-0.39, 0.29) is 5.91 Å². The zero-order chi connectivity index (χ0) is 24.8. The summed E-state index contributed by atoms with van der Waals surface area (Å²) in [5, 5.41) is 8.63. The van der Waals surface area contributed by atoms with Gasteiger partial charge in [0, 0.05) is 32.7 Å². The maximum atomic E-state index is 11.1. The number of carbonyl (C=O) groups excluding carboxylic acids is 1. The molecule has 3 heterocycles. The largest absolute Gasteiger partial charge is 0.457 e. The van der Waals surface area contributed by atoms with Crippen molar-refractivity contribution in [2.45, 2.75) is 12.8 Å². The number of para-hydroxylation sites is 1. The van der Waals surface area contributed by atoms with E-state index in [2.05, 4.69) is 42.9 Å². The van der Waals surface area contributed by atoms with Gasteiger partial charge in [0.05, 0.1) is 9.87 Å². The Morgan fingerprint density at radius 2 is 1.69 bits per heavy atom. The summed E-state index contributed by atoms with van der Waals surface area (Å²) in [6.07, 6.45) is 3.80. The smallest absolute Gasteiger partial charge is 0.260 e. The van der Waals surface area contributed by atoms with Crippen LogP contribution in [-0.4, -0.2) is 50.7 Å². The second kappa shape index (κ2) is 11.1. The minimum atomic E-state index is 0.0394. The average Bonchev–Trinajstić information content (AvgIpc) is 3.54. The molecule has 5 rings (SSSR count). The summed E-state index contributed by atoms with van der Waals surface area (Å²) < 4.78 is 8.08. The van der Waals surface area contributed by atoms with Crippen LogP contribution in [0.25, 0.3) is 22.3 Å². The number of nitrogens with one attached hydrogen (secondary N) is 1. The fourth-order valence-corrected chi connectivity index (χ4v) is 4.13. The summed E-state index contributed by atoms with van der Waals surface area (Å²) in [7, 11) is 3.72. The van der Waals surface area contributed by atoms with Crippen LogP contribution in [0.3, 0.4) is 0 Å². The van der Waals surface area contributed by atoms with Crippen LogP contribution in [-0.2, 0) is 11.8 Å². The number of likely N-dealkylation sites (tertiary alicyclic amines) is 1. The van der Waals surface area contributed by atoms with Gasteiger partial charge in [-0.3, -0.25) is 4.79 Å². The first-order valence-electron chi connectivity index (χ1n) is 11.3. The lowest BCUT2D eigenvalue weighted by Crippen LogP contribution is -2.27. The summed E-state index contributed by atoms with van der Waals surface area (Å²) in [4.78, 5) is 21.6. The third-order valence-corrected chi connectivity index (χ3v) is 5.93. The third kappa shape index (κ3) is 5.68. The molecule has 35 heavy (non-hydrogen) atoms. The first-order chi connectivity index (χ1) is 17.0. The lowest BCUT2D eigenvalue weighted by atomic mass is 10.1. The van der Waals surface area contributed by atoms with Crippen LogP contribution in [0.4, 0.5) is 5.82 Å². The van der Waals surface area contributed by atoms with Gasteiger partial charge >= 0.3 is 0 Å². The van der Waals surface area contributed by atoms with E-state index < -0.39 is 0 Å². The zero-order valence-corrected chi connectivity index (χ0v) is 21.3. The van der Waals surface area contributed by atoms with Crippen molar-refractivity contribution >= 4 is 38.7 Å². The van der Waals surface area contributed by atoms with E-state index in [0.717, 1.165) is 65.5 Å². The highest BCUT2D eigenvalue weighted by Crippen LogP contribution is 2.32. The number of aromatic nitrogens is 4. The molecule has 4 aromatic rings. The van der Waals surface area contributed by atoms with Gasteiger partial charge in [-0.1, -0.05) is 24.8 Å². The highest BCUT2D eigenvalue weighted by Gasteiger charge is 2.18. The molecular weight excluding hydrogens is 508 g/mol. The van der Waals surface area contributed by atoms with Crippen molar-refractivity contribution in [3.63, 3.8) is 0 Å². The number of benzene rings is 2. The third-order valence-electron chi connectivity index (χ3n) is 5.59. The molecule has 1 fully saturated rings. The van der Waals surface area contributed by atoms with Gasteiger partial charge in [-0.2, -0.15) is 5.10 Å². The minimum absolute atomic E-state index is 0.0394. The van der Waals surface area contributed by atoms with Crippen molar-refractivity contribution in [3.05, 3.63) is 72.0 Å². The predicted octanol–water partition coefficient (Wildman–Crippen LogP) is 5.38. The van der Waals surface area contributed by atoms with Crippen LogP contribution in [0.1, 0.15) is 12.8 Å².